The number of hydrazone groups is 1. The number of alkyl halides is 3. The molecule has 0 saturated carbocycles. The first kappa shape index (κ1) is 23.1. The van der Waals surface area contributed by atoms with Crippen molar-refractivity contribution in [1.29, 1.82) is 0 Å². The number of carbonyl (C=O) groups is 2. The average molecular weight is 481 g/mol. The Morgan fingerprint density at radius 1 is 1.16 bits per heavy atom. The number of hydrogen-bond donors (Lipinski definition) is 1. The first-order chi connectivity index (χ1) is 14.7. The zero-order chi connectivity index (χ0) is 22.6. The van der Waals surface area contributed by atoms with E-state index >= 15 is 0 Å². The molecule has 0 aliphatic carbocycles. The molecule has 0 saturated heterocycles. The number of amides is 2. The van der Waals surface area contributed by atoms with Crippen molar-refractivity contribution in [1.82, 2.24) is 5.32 Å². The van der Waals surface area contributed by atoms with E-state index < -0.39 is 10.0 Å². The summed E-state index contributed by atoms with van der Waals surface area (Å²) in [6.07, 6.45) is 0.820. The summed E-state index contributed by atoms with van der Waals surface area (Å²) in [5.41, 5.74) is 2.58. The number of anilines is 1. The van der Waals surface area contributed by atoms with Gasteiger partial charge in [0.2, 0.25) is 15.9 Å². The minimum Gasteiger partial charge on any atom is -0.466 e. The fourth-order valence-electron chi connectivity index (χ4n) is 2.80. The third-order valence-electron chi connectivity index (χ3n) is 4.42. The summed E-state index contributed by atoms with van der Waals surface area (Å²) >= 11 is 17.8. The van der Waals surface area contributed by atoms with Crippen LogP contribution in [0.4, 0.5) is 5.69 Å². The second-order valence-electron chi connectivity index (χ2n) is 6.73. The quantitative estimate of drug-likeness (QED) is 0.355. The maximum absolute atomic E-state index is 12.8. The molecule has 2 aromatic carbocycles. The lowest BCUT2D eigenvalue weighted by Crippen LogP contribution is -2.47. The molecule has 9 heteroatoms. The molecular weight excluding hydrogens is 461 g/mol. The maximum Gasteiger partial charge on any atom is 0.280 e. The van der Waals surface area contributed by atoms with E-state index in [1.54, 1.807) is 44.2 Å². The van der Waals surface area contributed by atoms with Crippen LogP contribution in [0.15, 0.2) is 65.3 Å². The van der Waals surface area contributed by atoms with Crippen LogP contribution in [0.2, 0.25) is 0 Å². The molecule has 2 aromatic rings. The van der Waals surface area contributed by atoms with Gasteiger partial charge in [-0.15, -0.1) is 0 Å². The molecule has 1 atom stereocenters. The molecule has 1 N–H and O–H groups in total. The van der Waals surface area contributed by atoms with Gasteiger partial charge < -0.3 is 10.1 Å². The minimum absolute atomic E-state index is 0.206. The lowest BCUT2D eigenvalue weighted by atomic mass is 10.1. The molecule has 1 aliphatic heterocycles. The second-order valence-corrected chi connectivity index (χ2v) is 9.09. The van der Waals surface area contributed by atoms with E-state index in [0.717, 1.165) is 5.56 Å². The van der Waals surface area contributed by atoms with E-state index in [1.165, 1.54) is 5.01 Å². The Morgan fingerprint density at radius 2 is 1.81 bits per heavy atom. The topological polar surface area (TPSA) is 71.0 Å². The smallest absolute Gasteiger partial charge is 0.280 e. The largest absolute Gasteiger partial charge is 0.466 e. The molecule has 1 aliphatic rings. The van der Waals surface area contributed by atoms with Crippen molar-refractivity contribution in [3.63, 3.8) is 0 Å². The van der Waals surface area contributed by atoms with E-state index in [4.69, 9.17) is 39.5 Å². The van der Waals surface area contributed by atoms with Crippen LogP contribution in [0.3, 0.4) is 0 Å². The van der Waals surface area contributed by atoms with Crippen LogP contribution in [-0.2, 0) is 9.59 Å². The molecular formula is C22H20Cl3N3O3. The highest BCUT2D eigenvalue weighted by atomic mass is 35.6. The Morgan fingerprint density at radius 3 is 2.39 bits per heavy atom. The summed E-state index contributed by atoms with van der Waals surface area (Å²) in [6, 6.07) is 16.1. The van der Waals surface area contributed by atoms with Crippen molar-refractivity contribution < 1.29 is 14.3 Å². The van der Waals surface area contributed by atoms with Gasteiger partial charge in [0.15, 0.2) is 0 Å². The van der Waals surface area contributed by atoms with Crippen molar-refractivity contribution in [2.75, 3.05) is 5.01 Å². The molecule has 6 nitrogen and oxygen atoms in total. The average Bonchev–Trinajstić information content (AvgIpc) is 3.02. The number of benzene rings is 2. The maximum atomic E-state index is 12.8. The highest BCUT2D eigenvalue weighted by Gasteiger charge is 2.36. The van der Waals surface area contributed by atoms with E-state index in [9.17, 15) is 9.59 Å². The summed E-state index contributed by atoms with van der Waals surface area (Å²) < 4.78 is 3.80. The Hall–Kier alpha value is -2.54. The molecule has 0 spiro atoms. The molecule has 0 unspecified atom stereocenters. The number of para-hydroxylation sites is 1. The predicted molar refractivity (Wildman–Crippen MR) is 125 cm³/mol. The molecule has 1 heterocycles. The lowest BCUT2D eigenvalue weighted by Gasteiger charge is -2.26. The zero-order valence-corrected chi connectivity index (χ0v) is 19.1. The number of nitrogens with one attached hydrogen (secondary N) is 1. The normalized spacial score (nSPS) is 16.3. The van der Waals surface area contributed by atoms with E-state index in [2.05, 4.69) is 10.4 Å². The van der Waals surface area contributed by atoms with Gasteiger partial charge in [0.1, 0.15) is 5.75 Å². The van der Waals surface area contributed by atoms with Gasteiger partial charge in [0.25, 0.3) is 5.91 Å². The Kier molecular flexibility index (Phi) is 7.26. The highest BCUT2D eigenvalue weighted by molar-refractivity contribution is 6.68. The van der Waals surface area contributed by atoms with Gasteiger partial charge in [-0.2, -0.15) is 10.1 Å². The number of rotatable bonds is 6. The molecule has 0 radical (unpaired) electrons. The summed E-state index contributed by atoms with van der Waals surface area (Å²) in [5.74, 6) is -0.123. The van der Waals surface area contributed by atoms with Gasteiger partial charge in [0.05, 0.1) is 17.0 Å². The highest BCUT2D eigenvalue weighted by Crippen LogP contribution is 2.32. The van der Waals surface area contributed by atoms with Gasteiger partial charge in [0, 0.05) is 6.42 Å². The van der Waals surface area contributed by atoms with E-state index in [0.29, 0.717) is 22.7 Å². The van der Waals surface area contributed by atoms with Crippen LogP contribution in [0.5, 0.6) is 5.75 Å². The van der Waals surface area contributed by atoms with Crippen LogP contribution in [0, 0.1) is 0 Å². The Balaban J connectivity index is 1.75. The number of ether oxygens (including phenoxy) is 1. The summed E-state index contributed by atoms with van der Waals surface area (Å²) in [5, 5.41) is 8.26. The Bertz CT molecular complexity index is 1020. The van der Waals surface area contributed by atoms with E-state index in [1.807, 2.05) is 30.3 Å². The van der Waals surface area contributed by atoms with Gasteiger partial charge in [-0.3, -0.25) is 9.59 Å². The van der Waals surface area contributed by atoms with Crippen LogP contribution in [-0.4, -0.2) is 27.5 Å². The van der Waals surface area contributed by atoms with Crippen molar-refractivity contribution in [2.45, 2.75) is 30.3 Å². The first-order valence-electron chi connectivity index (χ1n) is 9.48. The fraction of sp³-hybridized carbons (Fsp3) is 0.227. The van der Waals surface area contributed by atoms with Gasteiger partial charge in [-0.1, -0.05) is 72.1 Å². The van der Waals surface area contributed by atoms with Gasteiger partial charge >= 0.3 is 0 Å². The SMILES string of the molecule is CCC(=O)N[C@H](Oc1ccc(/C=C2\C(=O)N(c3ccccc3)N=C2C)cc1)C(Cl)(Cl)Cl. The van der Waals surface area contributed by atoms with Crippen LogP contribution in [0.1, 0.15) is 25.8 Å². The monoisotopic (exact) mass is 479 g/mol. The van der Waals surface area contributed by atoms with E-state index in [-0.39, 0.29) is 18.2 Å². The third kappa shape index (κ3) is 5.79. The van der Waals surface area contributed by atoms with Crippen molar-refractivity contribution in [3.05, 3.63) is 65.7 Å². The summed E-state index contributed by atoms with van der Waals surface area (Å²) in [7, 11) is 0. The summed E-state index contributed by atoms with van der Waals surface area (Å²) in [4.78, 5) is 24.5. The van der Waals surface area contributed by atoms with Crippen LogP contribution < -0.4 is 15.1 Å². The fourth-order valence-corrected chi connectivity index (χ4v) is 3.10. The third-order valence-corrected chi connectivity index (χ3v) is 5.01. The van der Waals surface area contributed by atoms with Crippen LogP contribution >= 0.6 is 34.8 Å². The minimum atomic E-state index is -1.85. The van der Waals surface area contributed by atoms with Gasteiger partial charge in [-0.25, -0.2) is 0 Å². The van der Waals surface area contributed by atoms with Crippen molar-refractivity contribution in [2.24, 2.45) is 5.10 Å². The number of halogens is 3. The molecule has 0 fully saturated rings. The molecule has 162 valence electrons. The molecule has 3 rings (SSSR count). The Labute approximate surface area is 195 Å². The summed E-state index contributed by atoms with van der Waals surface area (Å²) in [6.45, 7) is 3.47. The van der Waals surface area contributed by atoms with Crippen LogP contribution in [0.25, 0.3) is 6.08 Å². The van der Waals surface area contributed by atoms with Crippen molar-refractivity contribution in [3.8, 4) is 5.75 Å². The zero-order valence-electron chi connectivity index (χ0n) is 16.8. The molecule has 2 amide bonds. The molecule has 0 aromatic heterocycles. The predicted octanol–water partition coefficient (Wildman–Crippen LogP) is 5.09. The number of nitrogens with zero attached hydrogens (tertiary/aromatic N) is 2. The number of carbonyl (C=O) groups excluding carboxylic acids is 2. The second kappa shape index (κ2) is 9.73. The molecule has 0 bridgehead atoms. The standard InChI is InChI=1S/C22H20Cl3N3O3/c1-3-19(29)26-21(22(23,24)25)31-17-11-9-15(10-12-17)13-18-14(2)27-28(20(18)30)16-7-5-4-6-8-16/h4-13,21H,3H2,1-2H3,(H,26,29)/b18-13-/t21-/m1/s1. The number of hydrogen-bond acceptors (Lipinski definition) is 4. The van der Waals surface area contributed by atoms with Gasteiger partial charge in [-0.05, 0) is 42.8 Å². The lowest BCUT2D eigenvalue weighted by molar-refractivity contribution is -0.123. The van der Waals surface area contributed by atoms with Crippen molar-refractivity contribution >= 4 is 64.1 Å². The first-order valence-corrected chi connectivity index (χ1v) is 10.6. The molecule has 31 heavy (non-hydrogen) atoms.